The van der Waals surface area contributed by atoms with Crippen LogP contribution in [0.1, 0.15) is 27.7 Å². The first-order chi connectivity index (χ1) is 22.8. The average Bonchev–Trinajstić information content (AvgIpc) is 3.65. The molecule has 2 heterocycles. The Hall–Kier alpha value is -5.93. The lowest BCUT2D eigenvalue weighted by molar-refractivity contribution is 0.0948. The molecule has 0 saturated carbocycles. The number of fused-ring (bicyclic) bond motifs is 7. The molecule has 0 amide bonds. The minimum absolute atomic E-state index is 0.146. The van der Waals surface area contributed by atoms with Gasteiger partial charge in [0.2, 0.25) is 0 Å². The summed E-state index contributed by atoms with van der Waals surface area (Å²) >= 11 is 0. The van der Waals surface area contributed by atoms with Crippen LogP contribution in [0.3, 0.4) is 0 Å². The third-order valence-electron chi connectivity index (χ3n) is 9.42. The summed E-state index contributed by atoms with van der Waals surface area (Å²) in [5.74, 6) is -0.249. The lowest BCUT2D eigenvalue weighted by atomic mass is 9.79. The number of rotatable bonds is 5. The maximum atomic E-state index is 15.3. The maximum absolute atomic E-state index is 15.3. The Morgan fingerprint density at radius 3 is 1.67 bits per heavy atom. The molecular formula is C43H30N2O. The highest BCUT2D eigenvalue weighted by Crippen LogP contribution is 2.51. The Balaban J connectivity index is 1.37. The van der Waals surface area contributed by atoms with Crippen molar-refractivity contribution in [2.75, 3.05) is 0 Å². The van der Waals surface area contributed by atoms with Gasteiger partial charge in [-0.2, -0.15) is 0 Å². The van der Waals surface area contributed by atoms with Crippen molar-refractivity contribution in [3.63, 3.8) is 0 Å². The summed E-state index contributed by atoms with van der Waals surface area (Å²) in [6.45, 7) is 0. The number of hydrogen-bond acceptors (Lipinski definition) is 1. The van der Waals surface area contributed by atoms with Gasteiger partial charge in [-0.3, -0.25) is 4.79 Å². The van der Waals surface area contributed by atoms with Gasteiger partial charge in [0.25, 0.3) is 0 Å². The third kappa shape index (κ3) is 4.02. The minimum atomic E-state index is -0.395. The normalized spacial score (nSPS) is 14.0. The number of carbonyl (C=O) groups excluding carboxylic acids is 1. The lowest BCUT2D eigenvalue weighted by Crippen LogP contribution is -2.25. The highest BCUT2D eigenvalue weighted by molar-refractivity contribution is 6.21. The zero-order valence-electron chi connectivity index (χ0n) is 25.2. The molecule has 3 nitrogen and oxygen atoms in total. The van der Waals surface area contributed by atoms with Crippen molar-refractivity contribution >= 4 is 27.6 Å². The van der Waals surface area contributed by atoms with E-state index in [9.17, 15) is 0 Å². The molecule has 0 bridgehead atoms. The van der Waals surface area contributed by atoms with Gasteiger partial charge in [0.15, 0.2) is 5.78 Å². The van der Waals surface area contributed by atoms with Gasteiger partial charge < -0.3 is 9.13 Å². The van der Waals surface area contributed by atoms with Gasteiger partial charge in [-0.15, -0.1) is 0 Å². The van der Waals surface area contributed by atoms with Crippen molar-refractivity contribution in [1.82, 2.24) is 9.13 Å². The lowest BCUT2D eigenvalue weighted by Gasteiger charge is -2.27. The van der Waals surface area contributed by atoms with Crippen LogP contribution >= 0.6 is 0 Å². The second-order valence-corrected chi connectivity index (χ2v) is 12.0. The number of ketones is 1. The summed E-state index contributed by atoms with van der Waals surface area (Å²) in [7, 11) is 0. The molecule has 0 fully saturated rings. The third-order valence-corrected chi connectivity index (χ3v) is 9.42. The molecule has 6 aromatic carbocycles. The van der Waals surface area contributed by atoms with Crippen LogP contribution < -0.4 is 0 Å². The summed E-state index contributed by atoms with van der Waals surface area (Å²) in [4.78, 5) is 15.3. The maximum Gasteiger partial charge on any atom is 0.189 e. The molecule has 0 spiro atoms. The summed E-state index contributed by atoms with van der Waals surface area (Å²) in [6, 6.07) is 57.0. The molecule has 1 aliphatic carbocycles. The molecule has 218 valence electrons. The summed E-state index contributed by atoms with van der Waals surface area (Å²) < 4.78 is 4.53. The van der Waals surface area contributed by atoms with Crippen LogP contribution in [0.25, 0.3) is 55.4 Å². The highest BCUT2D eigenvalue weighted by atomic mass is 16.1. The van der Waals surface area contributed by atoms with Gasteiger partial charge in [0.05, 0.1) is 22.6 Å². The zero-order chi connectivity index (χ0) is 30.6. The van der Waals surface area contributed by atoms with Crippen LogP contribution in [0.4, 0.5) is 0 Å². The molecule has 0 aliphatic heterocycles. The second kappa shape index (κ2) is 10.6. The van der Waals surface area contributed by atoms with Crippen LogP contribution in [0.2, 0.25) is 0 Å². The summed E-state index contributed by atoms with van der Waals surface area (Å²) in [5, 5.41) is 2.26. The number of para-hydroxylation sites is 4. The molecule has 1 aliphatic rings. The van der Waals surface area contributed by atoms with Crippen molar-refractivity contribution in [1.29, 1.82) is 0 Å². The van der Waals surface area contributed by atoms with Crippen LogP contribution in [0.5, 0.6) is 0 Å². The minimum Gasteiger partial charge on any atom is -0.312 e. The molecular weight excluding hydrogens is 560 g/mol. The van der Waals surface area contributed by atoms with Crippen molar-refractivity contribution in [3.8, 4) is 33.6 Å². The molecule has 1 atom stereocenters. The van der Waals surface area contributed by atoms with E-state index in [0.717, 1.165) is 66.8 Å². The van der Waals surface area contributed by atoms with E-state index in [0.29, 0.717) is 6.42 Å². The quantitative estimate of drug-likeness (QED) is 0.196. The van der Waals surface area contributed by atoms with Gasteiger partial charge in [-0.1, -0.05) is 127 Å². The van der Waals surface area contributed by atoms with Crippen LogP contribution in [-0.4, -0.2) is 14.9 Å². The standard InChI is InChI=1S/C43H30N2O/c46-43-36(28-29-15-14-18-31(27-29)30-16-4-1-5-17-30)41-39(34-23-10-12-25-37(34)44(41)32-19-6-2-7-20-32)40-35-24-11-13-26-38(35)45(42(40)43)33-21-8-3-9-22-33/h1-27,36H,28H2. The van der Waals surface area contributed by atoms with E-state index in [4.69, 9.17) is 0 Å². The van der Waals surface area contributed by atoms with Crippen molar-refractivity contribution in [2.24, 2.45) is 0 Å². The molecule has 8 aromatic rings. The fraction of sp³-hybridized carbons (Fsp3) is 0.0465. The monoisotopic (exact) mass is 590 g/mol. The SMILES string of the molecule is O=C1c2c(c3ccccc3n2-c2ccccc2)-c2c(n(-c3ccccc3)c3ccccc23)C1Cc1cccc(-c2ccccc2)c1. The smallest absolute Gasteiger partial charge is 0.189 e. The average molecular weight is 591 g/mol. The van der Waals surface area contributed by atoms with E-state index < -0.39 is 5.92 Å². The topological polar surface area (TPSA) is 26.9 Å². The molecule has 0 radical (unpaired) electrons. The number of aromatic nitrogens is 2. The molecule has 0 saturated heterocycles. The number of hydrogen-bond donors (Lipinski definition) is 0. The Morgan fingerprint density at radius 1 is 0.478 bits per heavy atom. The predicted molar refractivity (Wildman–Crippen MR) is 188 cm³/mol. The number of Topliss-reactive ketones (excluding diaryl/α,β-unsaturated/α-hetero) is 1. The zero-order valence-corrected chi connectivity index (χ0v) is 25.2. The predicted octanol–water partition coefficient (Wildman–Crippen LogP) is 10.4. The molecule has 9 rings (SSSR count). The van der Waals surface area contributed by atoms with E-state index in [1.807, 2.05) is 30.3 Å². The molecule has 0 N–H and O–H groups in total. The van der Waals surface area contributed by atoms with Gasteiger partial charge >= 0.3 is 0 Å². The van der Waals surface area contributed by atoms with E-state index in [2.05, 4.69) is 143 Å². The Morgan fingerprint density at radius 2 is 1.00 bits per heavy atom. The van der Waals surface area contributed by atoms with Gasteiger partial charge in [0.1, 0.15) is 0 Å². The summed E-state index contributed by atoms with van der Waals surface area (Å²) in [5.41, 5.74) is 11.7. The van der Waals surface area contributed by atoms with E-state index in [-0.39, 0.29) is 5.78 Å². The molecule has 46 heavy (non-hydrogen) atoms. The van der Waals surface area contributed by atoms with E-state index in [1.165, 1.54) is 5.56 Å². The highest BCUT2D eigenvalue weighted by Gasteiger charge is 2.41. The van der Waals surface area contributed by atoms with Gasteiger partial charge in [-0.05, 0) is 59.5 Å². The van der Waals surface area contributed by atoms with Crippen LogP contribution in [-0.2, 0) is 6.42 Å². The van der Waals surface area contributed by atoms with Gasteiger partial charge in [-0.25, -0.2) is 0 Å². The van der Waals surface area contributed by atoms with Crippen LogP contribution in [0, 0.1) is 0 Å². The largest absolute Gasteiger partial charge is 0.312 e. The van der Waals surface area contributed by atoms with Crippen LogP contribution in [0.15, 0.2) is 164 Å². The number of benzene rings is 6. The molecule has 3 heteroatoms. The number of nitrogens with zero attached hydrogens (tertiary/aromatic N) is 2. The van der Waals surface area contributed by atoms with Crippen molar-refractivity contribution < 1.29 is 4.79 Å². The first-order valence-electron chi connectivity index (χ1n) is 15.8. The first-order valence-corrected chi connectivity index (χ1v) is 15.8. The summed E-state index contributed by atoms with van der Waals surface area (Å²) in [6.07, 6.45) is 0.589. The Labute approximate surface area is 267 Å². The second-order valence-electron chi connectivity index (χ2n) is 12.0. The molecule has 2 aromatic heterocycles. The van der Waals surface area contributed by atoms with E-state index in [1.54, 1.807) is 0 Å². The van der Waals surface area contributed by atoms with Crippen molar-refractivity contribution in [3.05, 3.63) is 181 Å². The molecule has 1 unspecified atom stereocenters. The van der Waals surface area contributed by atoms with Crippen molar-refractivity contribution in [2.45, 2.75) is 12.3 Å². The van der Waals surface area contributed by atoms with Gasteiger partial charge in [0, 0.05) is 39.0 Å². The first kappa shape index (κ1) is 26.5. The Kier molecular flexibility index (Phi) is 6.10. The fourth-order valence-electron chi connectivity index (χ4n) is 7.50. The van der Waals surface area contributed by atoms with E-state index >= 15 is 4.79 Å². The fourth-order valence-corrected chi connectivity index (χ4v) is 7.50. The number of carbonyl (C=O) groups is 1. The Bertz CT molecular complexity index is 2400.